The Kier molecular flexibility index (Phi) is 2.50. The van der Waals surface area contributed by atoms with Crippen molar-refractivity contribution in [2.24, 2.45) is 0 Å². The van der Waals surface area contributed by atoms with Gasteiger partial charge in [0.15, 0.2) is 0 Å². The highest BCUT2D eigenvalue weighted by atomic mass is 16.5. The highest BCUT2D eigenvalue weighted by Gasteiger charge is 2.15. The van der Waals surface area contributed by atoms with E-state index in [1.165, 1.54) is 0 Å². The van der Waals surface area contributed by atoms with Crippen molar-refractivity contribution >= 4 is 44.5 Å². The first-order chi connectivity index (χ1) is 11.4. The third-order valence-electron chi connectivity index (χ3n) is 4.08. The molecule has 110 valence electrons. The first kappa shape index (κ1) is 12.4. The van der Waals surface area contributed by atoms with E-state index in [0.717, 1.165) is 38.7 Å². The van der Waals surface area contributed by atoms with E-state index in [9.17, 15) is 0 Å². The van der Waals surface area contributed by atoms with Crippen molar-refractivity contribution in [2.45, 2.75) is 0 Å². The normalized spacial score (nSPS) is 11.5. The lowest BCUT2D eigenvalue weighted by molar-refractivity contribution is 0.524. The second kappa shape index (κ2) is 4.65. The van der Waals surface area contributed by atoms with Gasteiger partial charge in [0, 0.05) is 28.2 Å². The van der Waals surface area contributed by atoms with Crippen LogP contribution in [-0.2, 0) is 0 Å². The molecule has 0 saturated carbocycles. The van der Waals surface area contributed by atoms with E-state index in [-0.39, 0.29) is 0 Å². The number of fused-ring (bicyclic) bond motifs is 5. The van der Waals surface area contributed by atoms with Gasteiger partial charge >= 0.3 is 0 Å². The van der Waals surface area contributed by atoms with Crippen LogP contribution in [0.3, 0.4) is 0 Å². The van der Waals surface area contributed by atoms with E-state index < -0.39 is 0 Å². The largest absolute Gasteiger partial charge is 0.425 e. The van der Waals surface area contributed by atoms with E-state index in [1.54, 1.807) is 0 Å². The number of hydrogen-bond acceptors (Lipinski definition) is 3. The van der Waals surface area contributed by atoms with Crippen molar-refractivity contribution in [1.29, 1.82) is 0 Å². The summed E-state index contributed by atoms with van der Waals surface area (Å²) in [4.78, 5) is 0. The molecule has 2 heterocycles. The third-order valence-corrected chi connectivity index (χ3v) is 4.08. The topological polar surface area (TPSA) is 38.3 Å². The van der Waals surface area contributed by atoms with Crippen LogP contribution in [0, 0.1) is 0 Å². The molecule has 0 aliphatic carbocycles. The minimum absolute atomic E-state index is 0.582. The number of para-hydroxylation sites is 2. The van der Waals surface area contributed by atoms with Gasteiger partial charge in [0.2, 0.25) is 0 Å². The maximum Gasteiger partial charge on any atom is 0.299 e. The van der Waals surface area contributed by atoms with Crippen LogP contribution in [0.15, 0.2) is 81.6 Å². The zero-order chi connectivity index (χ0) is 15.2. The van der Waals surface area contributed by atoms with Gasteiger partial charge in [-0.3, -0.25) is 0 Å². The van der Waals surface area contributed by atoms with Crippen LogP contribution < -0.4 is 5.32 Å². The van der Waals surface area contributed by atoms with E-state index in [1.807, 2.05) is 54.6 Å². The molecule has 5 rings (SSSR count). The number of hydrogen-bond donors (Lipinski definition) is 1. The molecule has 0 aliphatic rings. The Labute approximate surface area is 132 Å². The van der Waals surface area contributed by atoms with Gasteiger partial charge in [0.25, 0.3) is 5.78 Å². The SMILES string of the molecule is c1ccc(Nc2ccc3c(c2)oc2oc4ccccc4c23)cc1. The Hall–Kier alpha value is -3.20. The van der Waals surface area contributed by atoms with Gasteiger partial charge in [0.1, 0.15) is 11.2 Å². The third kappa shape index (κ3) is 1.90. The van der Waals surface area contributed by atoms with Crippen LogP contribution in [0.25, 0.3) is 33.1 Å². The molecule has 0 atom stereocenters. The van der Waals surface area contributed by atoms with Crippen LogP contribution in [0.5, 0.6) is 0 Å². The van der Waals surface area contributed by atoms with Crippen molar-refractivity contribution < 1.29 is 8.83 Å². The molecule has 2 aromatic heterocycles. The van der Waals surface area contributed by atoms with Gasteiger partial charge in [-0.1, -0.05) is 36.4 Å². The molecule has 5 aromatic rings. The smallest absolute Gasteiger partial charge is 0.299 e. The lowest BCUT2D eigenvalue weighted by atomic mass is 10.1. The number of nitrogens with one attached hydrogen (secondary N) is 1. The first-order valence-corrected chi connectivity index (χ1v) is 7.54. The fourth-order valence-corrected chi connectivity index (χ4v) is 3.03. The second-order valence-corrected chi connectivity index (χ2v) is 5.56. The molecule has 0 bridgehead atoms. The molecule has 23 heavy (non-hydrogen) atoms. The summed E-state index contributed by atoms with van der Waals surface area (Å²) in [5.41, 5.74) is 3.72. The average Bonchev–Trinajstić information content (AvgIpc) is 3.11. The summed E-state index contributed by atoms with van der Waals surface area (Å²) in [6.45, 7) is 0. The summed E-state index contributed by atoms with van der Waals surface area (Å²) in [5.74, 6) is 0.582. The summed E-state index contributed by atoms with van der Waals surface area (Å²) in [5, 5.41) is 6.58. The maximum atomic E-state index is 5.91. The standard InChI is InChI=1S/C20H13NO2/c1-2-6-13(7-3-1)21-14-10-11-16-18(12-14)23-20-19(16)15-8-4-5-9-17(15)22-20/h1-12,21H. The van der Waals surface area contributed by atoms with Crippen LogP contribution in [0.1, 0.15) is 0 Å². The molecule has 1 N–H and O–H groups in total. The van der Waals surface area contributed by atoms with Gasteiger partial charge in [-0.2, -0.15) is 0 Å². The number of benzene rings is 3. The fraction of sp³-hybridized carbons (Fsp3) is 0. The molecule has 0 saturated heterocycles. The lowest BCUT2D eigenvalue weighted by Gasteiger charge is -2.05. The Bertz CT molecular complexity index is 1140. The molecule has 3 heteroatoms. The quantitative estimate of drug-likeness (QED) is 0.429. The summed E-state index contributed by atoms with van der Waals surface area (Å²) >= 11 is 0. The van der Waals surface area contributed by atoms with Gasteiger partial charge in [-0.15, -0.1) is 0 Å². The molecule has 0 amide bonds. The van der Waals surface area contributed by atoms with Crippen LogP contribution >= 0.6 is 0 Å². The zero-order valence-electron chi connectivity index (χ0n) is 12.2. The van der Waals surface area contributed by atoms with Crippen molar-refractivity contribution in [2.75, 3.05) is 5.32 Å². The van der Waals surface area contributed by atoms with Crippen molar-refractivity contribution in [3.8, 4) is 0 Å². The molecular formula is C20H13NO2. The Balaban J connectivity index is 1.67. The van der Waals surface area contributed by atoms with E-state index in [2.05, 4.69) is 23.5 Å². The molecule has 0 spiro atoms. The maximum absolute atomic E-state index is 5.91. The van der Waals surface area contributed by atoms with Gasteiger partial charge < -0.3 is 14.2 Å². The Morgan fingerprint density at radius 2 is 1.35 bits per heavy atom. The monoisotopic (exact) mass is 299 g/mol. The van der Waals surface area contributed by atoms with Gasteiger partial charge in [-0.05, 0) is 30.3 Å². The van der Waals surface area contributed by atoms with Gasteiger partial charge in [-0.25, -0.2) is 0 Å². The fourth-order valence-electron chi connectivity index (χ4n) is 3.03. The molecule has 0 unspecified atom stereocenters. The first-order valence-electron chi connectivity index (χ1n) is 7.54. The van der Waals surface area contributed by atoms with Crippen molar-refractivity contribution in [1.82, 2.24) is 0 Å². The van der Waals surface area contributed by atoms with E-state index in [4.69, 9.17) is 8.83 Å². The Morgan fingerprint density at radius 1 is 0.609 bits per heavy atom. The van der Waals surface area contributed by atoms with Gasteiger partial charge in [0.05, 0.1) is 5.39 Å². The lowest BCUT2D eigenvalue weighted by Crippen LogP contribution is -1.88. The minimum Gasteiger partial charge on any atom is -0.425 e. The highest BCUT2D eigenvalue weighted by Crippen LogP contribution is 2.37. The molecule has 0 fully saturated rings. The highest BCUT2D eigenvalue weighted by molar-refractivity contribution is 6.17. The van der Waals surface area contributed by atoms with Crippen LogP contribution in [-0.4, -0.2) is 0 Å². The number of rotatable bonds is 2. The molecule has 0 radical (unpaired) electrons. The molecule has 3 aromatic carbocycles. The average molecular weight is 299 g/mol. The van der Waals surface area contributed by atoms with E-state index >= 15 is 0 Å². The van der Waals surface area contributed by atoms with E-state index in [0.29, 0.717) is 5.78 Å². The summed E-state index contributed by atoms with van der Waals surface area (Å²) < 4.78 is 11.7. The van der Waals surface area contributed by atoms with Crippen molar-refractivity contribution in [3.05, 3.63) is 72.8 Å². The zero-order valence-corrected chi connectivity index (χ0v) is 12.2. The number of anilines is 2. The predicted octanol–water partition coefficient (Wildman–Crippen LogP) is 6.08. The predicted molar refractivity (Wildman–Crippen MR) is 93.2 cm³/mol. The molecule has 0 aliphatic heterocycles. The number of furan rings is 2. The second-order valence-electron chi connectivity index (χ2n) is 5.56. The van der Waals surface area contributed by atoms with Crippen LogP contribution in [0.4, 0.5) is 11.4 Å². The summed E-state index contributed by atoms with van der Waals surface area (Å²) in [6.07, 6.45) is 0. The Morgan fingerprint density at radius 3 is 2.26 bits per heavy atom. The minimum atomic E-state index is 0.582. The summed E-state index contributed by atoms with van der Waals surface area (Å²) in [6, 6.07) is 24.2. The van der Waals surface area contributed by atoms with Crippen LogP contribution in [0.2, 0.25) is 0 Å². The molecular weight excluding hydrogens is 286 g/mol. The van der Waals surface area contributed by atoms with Crippen molar-refractivity contribution in [3.63, 3.8) is 0 Å². The molecule has 3 nitrogen and oxygen atoms in total. The summed E-state index contributed by atoms with van der Waals surface area (Å²) in [7, 11) is 0.